The van der Waals surface area contributed by atoms with Gasteiger partial charge in [0.25, 0.3) is 0 Å². The molecular weight excluding hydrogens is 252 g/mol. The van der Waals surface area contributed by atoms with Crippen LogP contribution in [0.1, 0.15) is 19.3 Å². The number of urea groups is 1. The fourth-order valence-corrected chi connectivity index (χ4v) is 2.79. The average Bonchev–Trinajstić information content (AvgIpc) is 2.68. The Kier molecular flexibility index (Phi) is 3.96. The molecule has 7 nitrogen and oxygen atoms in total. The number of carbonyl (C=O) groups is 2. The van der Waals surface area contributed by atoms with Crippen LogP contribution in [0, 0.1) is 5.92 Å². The summed E-state index contributed by atoms with van der Waals surface area (Å²) in [6.45, 7) is 0.572. The van der Waals surface area contributed by atoms with E-state index in [-0.39, 0.29) is 31.0 Å². The minimum Gasteiger partial charge on any atom is -0.480 e. The quantitative estimate of drug-likeness (QED) is 0.632. The smallest absolute Gasteiger partial charge is 0.326 e. The van der Waals surface area contributed by atoms with Crippen molar-refractivity contribution < 1.29 is 24.9 Å². The van der Waals surface area contributed by atoms with Crippen molar-refractivity contribution in [3.05, 3.63) is 0 Å². The third kappa shape index (κ3) is 2.98. The molecule has 2 rings (SSSR count). The van der Waals surface area contributed by atoms with Gasteiger partial charge in [-0.05, 0) is 18.8 Å². The number of likely N-dealkylation sites (tertiary alicyclic amines) is 1. The van der Waals surface area contributed by atoms with Gasteiger partial charge in [-0.15, -0.1) is 0 Å². The zero-order chi connectivity index (χ0) is 14.2. The van der Waals surface area contributed by atoms with E-state index in [1.54, 1.807) is 7.05 Å². The fourth-order valence-electron chi connectivity index (χ4n) is 2.79. The Labute approximate surface area is 111 Å². The van der Waals surface area contributed by atoms with Gasteiger partial charge >= 0.3 is 12.0 Å². The number of amides is 2. The van der Waals surface area contributed by atoms with E-state index < -0.39 is 18.1 Å². The number of carboxylic acids is 1. The Hall–Kier alpha value is -1.34. The molecule has 0 spiro atoms. The summed E-state index contributed by atoms with van der Waals surface area (Å²) in [5.74, 6) is -0.808. The van der Waals surface area contributed by atoms with Gasteiger partial charge in [0, 0.05) is 26.6 Å². The van der Waals surface area contributed by atoms with Crippen LogP contribution in [-0.2, 0) is 4.79 Å². The zero-order valence-corrected chi connectivity index (χ0v) is 10.9. The number of β-amino-alcohol motifs (C(OH)–C–C–N with tert-alkyl or cyclic N) is 1. The number of aliphatic hydroxyl groups is 2. The second-order valence-corrected chi connectivity index (χ2v) is 5.55. The maximum absolute atomic E-state index is 12.2. The monoisotopic (exact) mass is 272 g/mol. The summed E-state index contributed by atoms with van der Waals surface area (Å²) in [6.07, 6.45) is 0.403. The topological polar surface area (TPSA) is 101 Å². The van der Waals surface area contributed by atoms with Gasteiger partial charge in [0.2, 0.25) is 0 Å². The zero-order valence-electron chi connectivity index (χ0n) is 10.9. The lowest BCUT2D eigenvalue weighted by Crippen LogP contribution is -2.49. The first-order valence-electron chi connectivity index (χ1n) is 6.49. The van der Waals surface area contributed by atoms with E-state index in [0.29, 0.717) is 19.4 Å². The van der Waals surface area contributed by atoms with E-state index in [1.165, 1.54) is 9.80 Å². The molecular formula is C12H20N2O5. The van der Waals surface area contributed by atoms with Crippen molar-refractivity contribution >= 4 is 12.0 Å². The fraction of sp³-hybridized carbons (Fsp3) is 0.833. The third-order valence-corrected chi connectivity index (χ3v) is 3.88. The van der Waals surface area contributed by atoms with Crippen molar-refractivity contribution in [3.63, 3.8) is 0 Å². The summed E-state index contributed by atoms with van der Waals surface area (Å²) in [7, 11) is 1.62. The number of aliphatic hydroxyl groups excluding tert-OH is 2. The van der Waals surface area contributed by atoms with Gasteiger partial charge in [0.15, 0.2) is 0 Å². The van der Waals surface area contributed by atoms with Gasteiger partial charge in [-0.2, -0.15) is 0 Å². The van der Waals surface area contributed by atoms with Crippen molar-refractivity contribution in [2.75, 3.05) is 20.1 Å². The second kappa shape index (κ2) is 5.34. The number of carbonyl (C=O) groups excluding carboxylic acids is 1. The molecule has 1 saturated carbocycles. The Morgan fingerprint density at radius 2 is 1.84 bits per heavy atom. The van der Waals surface area contributed by atoms with Gasteiger partial charge in [0.1, 0.15) is 6.04 Å². The predicted octanol–water partition coefficient (Wildman–Crippen LogP) is -0.671. The molecule has 108 valence electrons. The van der Waals surface area contributed by atoms with E-state index in [4.69, 9.17) is 5.11 Å². The molecule has 7 heteroatoms. The summed E-state index contributed by atoms with van der Waals surface area (Å²) in [5.41, 5.74) is 0. The number of aliphatic carboxylic acids is 1. The van der Waals surface area contributed by atoms with Crippen molar-refractivity contribution in [2.24, 2.45) is 5.92 Å². The molecule has 0 aromatic rings. The molecule has 1 aliphatic carbocycles. The van der Waals surface area contributed by atoms with Crippen molar-refractivity contribution in [3.8, 4) is 0 Å². The predicted molar refractivity (Wildman–Crippen MR) is 65.5 cm³/mol. The molecule has 1 heterocycles. The van der Waals surface area contributed by atoms with Crippen LogP contribution in [0.5, 0.6) is 0 Å². The summed E-state index contributed by atoms with van der Waals surface area (Å²) in [6, 6.07) is -1.32. The summed E-state index contributed by atoms with van der Waals surface area (Å²) in [5, 5.41) is 27.8. The molecule has 1 saturated heterocycles. The lowest BCUT2D eigenvalue weighted by Gasteiger charge is -2.36. The SMILES string of the molecule is CN(CC1CC(O)C1)C(=O)N1C[C@H](O)C[C@@H]1C(=O)O. The van der Waals surface area contributed by atoms with E-state index in [9.17, 15) is 19.8 Å². The molecule has 2 amide bonds. The van der Waals surface area contributed by atoms with Crippen molar-refractivity contribution in [1.29, 1.82) is 0 Å². The molecule has 0 unspecified atom stereocenters. The standard InChI is InChI=1S/C12H20N2O5/c1-13(5-7-2-8(15)3-7)12(19)14-6-9(16)4-10(14)11(17)18/h7-10,15-16H,2-6H2,1H3,(H,17,18)/t7?,8?,9-,10-/m1/s1. The largest absolute Gasteiger partial charge is 0.480 e. The minimum atomic E-state index is -1.09. The Morgan fingerprint density at radius 3 is 2.37 bits per heavy atom. The molecule has 2 atom stereocenters. The molecule has 0 radical (unpaired) electrons. The van der Waals surface area contributed by atoms with Gasteiger partial charge in [-0.1, -0.05) is 0 Å². The van der Waals surface area contributed by atoms with E-state index >= 15 is 0 Å². The van der Waals surface area contributed by atoms with E-state index in [1.807, 2.05) is 0 Å². The van der Waals surface area contributed by atoms with Gasteiger partial charge < -0.3 is 25.1 Å². The average molecular weight is 272 g/mol. The molecule has 2 fully saturated rings. The minimum absolute atomic E-state index is 0.0629. The molecule has 0 aromatic heterocycles. The Bertz CT molecular complexity index is 369. The number of rotatable bonds is 3. The molecule has 19 heavy (non-hydrogen) atoms. The first-order chi connectivity index (χ1) is 8.88. The van der Waals surface area contributed by atoms with Crippen molar-refractivity contribution in [2.45, 2.75) is 37.5 Å². The van der Waals surface area contributed by atoms with Gasteiger partial charge in [0.05, 0.1) is 12.2 Å². The van der Waals surface area contributed by atoms with Gasteiger partial charge in [-0.25, -0.2) is 9.59 Å². The van der Waals surface area contributed by atoms with E-state index in [0.717, 1.165) is 0 Å². The van der Waals surface area contributed by atoms with Crippen LogP contribution in [0.25, 0.3) is 0 Å². The van der Waals surface area contributed by atoms with Crippen molar-refractivity contribution in [1.82, 2.24) is 9.80 Å². The van der Waals surface area contributed by atoms with E-state index in [2.05, 4.69) is 0 Å². The maximum atomic E-state index is 12.2. The highest BCUT2D eigenvalue weighted by Crippen LogP contribution is 2.28. The Morgan fingerprint density at radius 1 is 1.21 bits per heavy atom. The maximum Gasteiger partial charge on any atom is 0.326 e. The third-order valence-electron chi connectivity index (χ3n) is 3.88. The first kappa shape index (κ1) is 14.1. The van der Waals surface area contributed by atoms with Crippen LogP contribution < -0.4 is 0 Å². The summed E-state index contributed by atoms with van der Waals surface area (Å²) < 4.78 is 0. The van der Waals surface area contributed by atoms with Crippen LogP contribution >= 0.6 is 0 Å². The molecule has 0 aromatic carbocycles. The Balaban J connectivity index is 1.92. The number of hydrogen-bond acceptors (Lipinski definition) is 4. The van der Waals surface area contributed by atoms with Crippen LogP contribution in [0.4, 0.5) is 4.79 Å². The van der Waals surface area contributed by atoms with Crippen LogP contribution in [0.3, 0.4) is 0 Å². The van der Waals surface area contributed by atoms with Gasteiger partial charge in [-0.3, -0.25) is 0 Å². The number of nitrogens with zero attached hydrogens (tertiary/aromatic N) is 2. The molecule has 0 bridgehead atoms. The summed E-state index contributed by atoms with van der Waals surface area (Å²) >= 11 is 0. The molecule has 2 aliphatic rings. The normalized spacial score (nSPS) is 33.9. The molecule has 3 N–H and O–H groups in total. The van der Waals surface area contributed by atoms with Crippen LogP contribution in [-0.4, -0.2) is 75.5 Å². The second-order valence-electron chi connectivity index (χ2n) is 5.55. The lowest BCUT2D eigenvalue weighted by molar-refractivity contribution is -0.141. The number of carboxylic acid groups (broad SMARTS) is 1. The molecule has 1 aliphatic heterocycles. The highest BCUT2D eigenvalue weighted by Gasteiger charge is 2.40. The summed E-state index contributed by atoms with van der Waals surface area (Å²) in [4.78, 5) is 25.9. The lowest BCUT2D eigenvalue weighted by atomic mass is 9.82. The van der Waals surface area contributed by atoms with Crippen LogP contribution in [0.2, 0.25) is 0 Å². The number of hydrogen-bond donors (Lipinski definition) is 3. The van der Waals surface area contributed by atoms with Crippen LogP contribution in [0.15, 0.2) is 0 Å². The highest BCUT2D eigenvalue weighted by atomic mass is 16.4. The highest BCUT2D eigenvalue weighted by molar-refractivity contribution is 5.83. The first-order valence-corrected chi connectivity index (χ1v) is 6.49.